The number of anilines is 2. The molecule has 2 amide bonds. The van der Waals surface area contributed by atoms with Gasteiger partial charge in [-0.1, -0.05) is 42.5 Å². The minimum atomic E-state index is -0.550. The number of nitrogens with one attached hydrogen (secondary N) is 2. The van der Waals surface area contributed by atoms with Crippen LogP contribution in [-0.4, -0.2) is 36.6 Å². The zero-order valence-electron chi connectivity index (χ0n) is 23.0. The lowest BCUT2D eigenvalue weighted by atomic mass is 10.1. The van der Waals surface area contributed by atoms with Gasteiger partial charge in [-0.2, -0.15) is 0 Å². The summed E-state index contributed by atoms with van der Waals surface area (Å²) in [5.74, 6) is -1.34. The summed E-state index contributed by atoms with van der Waals surface area (Å²) in [7, 11) is 3.85. The van der Waals surface area contributed by atoms with Crippen molar-refractivity contribution in [3.05, 3.63) is 147 Å². The molecule has 0 unspecified atom stereocenters. The second kappa shape index (κ2) is 13.5. The summed E-state index contributed by atoms with van der Waals surface area (Å²) >= 11 is 0. The first-order chi connectivity index (χ1) is 20.2. The number of nitro groups is 1. The van der Waals surface area contributed by atoms with Crippen LogP contribution < -0.4 is 15.5 Å². The van der Waals surface area contributed by atoms with Crippen molar-refractivity contribution in [3.63, 3.8) is 0 Å². The zero-order chi connectivity index (χ0) is 30.1. The highest BCUT2D eigenvalue weighted by Crippen LogP contribution is 2.20. The Morgan fingerprint density at radius 1 is 0.786 bits per heavy atom. The largest absolute Gasteiger partial charge is 0.378 e. The van der Waals surface area contributed by atoms with E-state index < -0.39 is 16.7 Å². The summed E-state index contributed by atoms with van der Waals surface area (Å²) in [5, 5.41) is 16.7. The number of ketones is 1. The number of allylic oxidation sites excluding steroid dienone is 1. The third kappa shape index (κ3) is 7.64. The summed E-state index contributed by atoms with van der Waals surface area (Å²) in [6, 6.07) is 28.4. The van der Waals surface area contributed by atoms with Crippen LogP contribution in [0.1, 0.15) is 31.8 Å². The van der Waals surface area contributed by atoms with Gasteiger partial charge in [0.1, 0.15) is 5.70 Å². The lowest BCUT2D eigenvalue weighted by Crippen LogP contribution is -2.30. The predicted molar refractivity (Wildman–Crippen MR) is 164 cm³/mol. The van der Waals surface area contributed by atoms with Crippen LogP contribution in [-0.2, 0) is 4.79 Å². The number of para-hydroxylation sites is 1. The van der Waals surface area contributed by atoms with Crippen LogP contribution in [0.5, 0.6) is 0 Å². The van der Waals surface area contributed by atoms with Gasteiger partial charge < -0.3 is 15.5 Å². The second-order valence-corrected chi connectivity index (χ2v) is 9.41. The molecule has 0 atom stereocenters. The average Bonchev–Trinajstić information content (AvgIpc) is 3.00. The molecule has 0 bridgehead atoms. The van der Waals surface area contributed by atoms with Crippen LogP contribution >= 0.6 is 0 Å². The molecule has 0 saturated carbocycles. The second-order valence-electron chi connectivity index (χ2n) is 9.41. The Hall–Kier alpha value is -5.83. The van der Waals surface area contributed by atoms with Gasteiger partial charge in [0.15, 0.2) is 5.78 Å². The third-order valence-electron chi connectivity index (χ3n) is 6.22. The van der Waals surface area contributed by atoms with Crippen molar-refractivity contribution in [1.29, 1.82) is 0 Å². The molecule has 9 heteroatoms. The number of rotatable bonds is 10. The molecule has 210 valence electrons. The van der Waals surface area contributed by atoms with E-state index in [1.807, 2.05) is 43.3 Å². The highest BCUT2D eigenvalue weighted by molar-refractivity contribution is 6.11. The molecule has 4 rings (SSSR count). The number of benzene rings is 4. The number of carbonyl (C=O) groups is 3. The van der Waals surface area contributed by atoms with Gasteiger partial charge in [-0.3, -0.25) is 24.5 Å². The molecular formula is C33H28N4O5. The van der Waals surface area contributed by atoms with E-state index in [2.05, 4.69) is 10.6 Å². The Morgan fingerprint density at radius 2 is 1.43 bits per heavy atom. The zero-order valence-corrected chi connectivity index (χ0v) is 23.0. The van der Waals surface area contributed by atoms with Gasteiger partial charge in [0.2, 0.25) is 0 Å². The van der Waals surface area contributed by atoms with Gasteiger partial charge in [0.25, 0.3) is 17.5 Å². The van der Waals surface area contributed by atoms with Crippen molar-refractivity contribution in [2.24, 2.45) is 0 Å². The molecule has 0 spiro atoms. The van der Waals surface area contributed by atoms with Crippen LogP contribution in [0.25, 0.3) is 12.2 Å². The summed E-state index contributed by atoms with van der Waals surface area (Å²) in [5.41, 5.74) is 3.08. The van der Waals surface area contributed by atoms with E-state index >= 15 is 0 Å². The standard InChI is InChI=1S/C33H28N4O5/c1-36(2)28-19-12-23(13-20-28)22-29(35-32(39)26-9-4-3-5-10-26)33(40)34-27-17-14-25(15-18-27)31(38)21-16-24-8-6-7-11-30(24)37(41)42/h3-22H,1-2H3,(H,34,40)(H,35,39)/b21-16+,29-22-. The first-order valence-electron chi connectivity index (χ1n) is 12.9. The smallest absolute Gasteiger partial charge is 0.276 e. The fraction of sp³-hybridized carbons (Fsp3) is 0.0606. The maximum Gasteiger partial charge on any atom is 0.276 e. The Balaban J connectivity index is 1.51. The fourth-order valence-electron chi connectivity index (χ4n) is 3.95. The van der Waals surface area contributed by atoms with Crippen molar-refractivity contribution in [2.45, 2.75) is 0 Å². The van der Waals surface area contributed by atoms with E-state index in [4.69, 9.17) is 0 Å². The van der Waals surface area contributed by atoms with Crippen LogP contribution in [0.2, 0.25) is 0 Å². The maximum absolute atomic E-state index is 13.3. The Labute approximate surface area is 243 Å². The van der Waals surface area contributed by atoms with Crippen LogP contribution in [0.15, 0.2) is 115 Å². The maximum atomic E-state index is 13.3. The van der Waals surface area contributed by atoms with E-state index in [1.165, 1.54) is 30.4 Å². The van der Waals surface area contributed by atoms with Crippen LogP contribution in [0.4, 0.5) is 17.1 Å². The molecule has 0 aromatic heterocycles. The number of carbonyl (C=O) groups excluding carboxylic acids is 3. The lowest BCUT2D eigenvalue weighted by Gasteiger charge is -2.13. The molecule has 42 heavy (non-hydrogen) atoms. The molecule has 2 N–H and O–H groups in total. The van der Waals surface area contributed by atoms with E-state index in [-0.39, 0.29) is 17.2 Å². The van der Waals surface area contributed by atoms with Gasteiger partial charge in [-0.15, -0.1) is 0 Å². The summed E-state index contributed by atoms with van der Waals surface area (Å²) in [6.07, 6.45) is 4.24. The number of hydrogen-bond acceptors (Lipinski definition) is 6. The number of nitro benzene ring substituents is 1. The molecule has 0 heterocycles. The quantitative estimate of drug-likeness (QED) is 0.107. The first-order valence-corrected chi connectivity index (χ1v) is 12.9. The minimum absolute atomic E-state index is 0.0361. The fourth-order valence-corrected chi connectivity index (χ4v) is 3.95. The van der Waals surface area contributed by atoms with Gasteiger partial charge in [0.05, 0.1) is 10.5 Å². The Bertz CT molecular complexity index is 1660. The molecule has 4 aromatic carbocycles. The van der Waals surface area contributed by atoms with Crippen LogP contribution in [0, 0.1) is 10.1 Å². The highest BCUT2D eigenvalue weighted by atomic mass is 16.6. The Kier molecular flexibility index (Phi) is 9.37. The van der Waals surface area contributed by atoms with Crippen molar-refractivity contribution in [1.82, 2.24) is 5.32 Å². The molecule has 0 fully saturated rings. The van der Waals surface area contributed by atoms with Gasteiger partial charge in [0, 0.05) is 42.7 Å². The highest BCUT2D eigenvalue weighted by Gasteiger charge is 2.16. The molecule has 0 aliphatic heterocycles. The van der Waals surface area contributed by atoms with Crippen molar-refractivity contribution >= 4 is 46.8 Å². The topological polar surface area (TPSA) is 122 Å². The number of hydrogen-bond donors (Lipinski definition) is 2. The number of nitrogens with zero attached hydrogens (tertiary/aromatic N) is 2. The first kappa shape index (κ1) is 29.2. The van der Waals surface area contributed by atoms with Crippen molar-refractivity contribution < 1.29 is 19.3 Å². The number of amides is 2. The minimum Gasteiger partial charge on any atom is -0.378 e. The molecular weight excluding hydrogens is 532 g/mol. The molecule has 0 aliphatic rings. The van der Waals surface area contributed by atoms with E-state index in [9.17, 15) is 24.5 Å². The molecule has 9 nitrogen and oxygen atoms in total. The summed E-state index contributed by atoms with van der Waals surface area (Å²) < 4.78 is 0. The van der Waals surface area contributed by atoms with E-state index in [0.29, 0.717) is 27.9 Å². The van der Waals surface area contributed by atoms with Gasteiger partial charge in [-0.25, -0.2) is 0 Å². The summed E-state index contributed by atoms with van der Waals surface area (Å²) in [6.45, 7) is 0. The van der Waals surface area contributed by atoms with Crippen molar-refractivity contribution in [2.75, 3.05) is 24.3 Å². The van der Waals surface area contributed by atoms with E-state index in [1.54, 1.807) is 66.7 Å². The Morgan fingerprint density at radius 3 is 2.07 bits per heavy atom. The predicted octanol–water partition coefficient (Wildman–Crippen LogP) is 5.97. The average molecular weight is 561 g/mol. The van der Waals surface area contributed by atoms with Crippen LogP contribution in [0.3, 0.4) is 0 Å². The van der Waals surface area contributed by atoms with E-state index in [0.717, 1.165) is 5.69 Å². The summed E-state index contributed by atoms with van der Waals surface area (Å²) in [4.78, 5) is 51.5. The monoisotopic (exact) mass is 560 g/mol. The normalized spacial score (nSPS) is 11.1. The molecule has 0 aliphatic carbocycles. The molecule has 4 aromatic rings. The SMILES string of the molecule is CN(C)c1ccc(/C=C(\NC(=O)c2ccccc2)C(=O)Nc2ccc(C(=O)/C=C/c3ccccc3[N+](=O)[O-])cc2)cc1. The third-order valence-corrected chi connectivity index (χ3v) is 6.22. The molecule has 0 radical (unpaired) electrons. The van der Waals surface area contributed by atoms with Gasteiger partial charge >= 0.3 is 0 Å². The molecule has 0 saturated heterocycles. The lowest BCUT2D eigenvalue weighted by molar-refractivity contribution is -0.385. The van der Waals surface area contributed by atoms with Gasteiger partial charge in [-0.05, 0) is 78.4 Å². The van der Waals surface area contributed by atoms with Crippen molar-refractivity contribution in [3.8, 4) is 0 Å².